The molecule has 128 valence electrons. The first-order valence-electron chi connectivity index (χ1n) is 7.86. The largest absolute Gasteiger partial charge is 0.377 e. The summed E-state index contributed by atoms with van der Waals surface area (Å²) in [6.07, 6.45) is 0.861. The van der Waals surface area contributed by atoms with Crippen LogP contribution in [0.3, 0.4) is 0 Å². The SMILES string of the molecule is O=Cc1c2cccc1COCCOCCOCCOCCOC2. The highest BCUT2D eigenvalue weighted by molar-refractivity contribution is 5.79. The lowest BCUT2D eigenvalue weighted by Crippen LogP contribution is -2.14. The summed E-state index contributed by atoms with van der Waals surface area (Å²) in [6.45, 7) is 4.84. The lowest BCUT2D eigenvalue weighted by atomic mass is 10.0. The molecule has 0 atom stereocenters. The van der Waals surface area contributed by atoms with Gasteiger partial charge in [-0.05, 0) is 11.1 Å². The van der Waals surface area contributed by atoms with Crippen LogP contribution in [0, 0.1) is 0 Å². The Labute approximate surface area is 136 Å². The van der Waals surface area contributed by atoms with Gasteiger partial charge in [-0.1, -0.05) is 18.2 Å². The first kappa shape index (κ1) is 18.0. The van der Waals surface area contributed by atoms with Gasteiger partial charge < -0.3 is 23.7 Å². The molecule has 0 N–H and O–H groups in total. The van der Waals surface area contributed by atoms with Gasteiger partial charge in [-0.2, -0.15) is 0 Å². The van der Waals surface area contributed by atoms with E-state index in [1.807, 2.05) is 18.2 Å². The number of ether oxygens (including phenoxy) is 5. The maximum Gasteiger partial charge on any atom is 0.150 e. The molecular formula is C17H24O6. The molecule has 0 aliphatic carbocycles. The summed E-state index contributed by atoms with van der Waals surface area (Å²) in [5.74, 6) is 0. The number of aldehydes is 1. The number of carbonyl (C=O) groups is 1. The van der Waals surface area contributed by atoms with Crippen LogP contribution in [-0.2, 0) is 36.9 Å². The topological polar surface area (TPSA) is 63.2 Å². The van der Waals surface area contributed by atoms with Crippen LogP contribution in [0.25, 0.3) is 0 Å². The Morgan fingerprint density at radius 2 is 1.04 bits per heavy atom. The summed E-state index contributed by atoms with van der Waals surface area (Å²) in [6, 6.07) is 5.69. The molecule has 1 aliphatic rings. The molecule has 6 nitrogen and oxygen atoms in total. The predicted molar refractivity (Wildman–Crippen MR) is 83.6 cm³/mol. The summed E-state index contributed by atoms with van der Waals surface area (Å²) < 4.78 is 27.3. The lowest BCUT2D eigenvalue weighted by molar-refractivity contribution is -0.0145. The van der Waals surface area contributed by atoms with Crippen molar-refractivity contribution in [2.24, 2.45) is 0 Å². The average molecular weight is 324 g/mol. The van der Waals surface area contributed by atoms with Crippen molar-refractivity contribution in [1.29, 1.82) is 0 Å². The monoisotopic (exact) mass is 324 g/mol. The summed E-state index contributed by atoms with van der Waals surface area (Å²) >= 11 is 0. The number of rotatable bonds is 1. The molecule has 0 radical (unpaired) electrons. The lowest BCUT2D eigenvalue weighted by Gasteiger charge is -2.12. The van der Waals surface area contributed by atoms with Crippen LogP contribution in [0.2, 0.25) is 0 Å². The van der Waals surface area contributed by atoms with E-state index in [0.717, 1.165) is 17.4 Å². The minimum absolute atomic E-state index is 0.380. The van der Waals surface area contributed by atoms with Crippen molar-refractivity contribution in [1.82, 2.24) is 0 Å². The van der Waals surface area contributed by atoms with Gasteiger partial charge in [0.15, 0.2) is 6.29 Å². The summed E-state index contributed by atoms with van der Waals surface area (Å²) in [4.78, 5) is 11.4. The van der Waals surface area contributed by atoms with Gasteiger partial charge in [-0.3, -0.25) is 4.79 Å². The average Bonchev–Trinajstić information content (AvgIpc) is 2.57. The molecule has 1 aromatic rings. The van der Waals surface area contributed by atoms with E-state index in [9.17, 15) is 4.79 Å². The Bertz CT molecular complexity index is 428. The van der Waals surface area contributed by atoms with Crippen molar-refractivity contribution in [3.63, 3.8) is 0 Å². The molecule has 1 aliphatic heterocycles. The van der Waals surface area contributed by atoms with Crippen molar-refractivity contribution >= 4 is 6.29 Å². The van der Waals surface area contributed by atoms with Gasteiger partial charge in [0, 0.05) is 5.56 Å². The first-order valence-corrected chi connectivity index (χ1v) is 7.86. The number of benzene rings is 1. The van der Waals surface area contributed by atoms with E-state index < -0.39 is 0 Å². The van der Waals surface area contributed by atoms with Crippen LogP contribution in [0.4, 0.5) is 0 Å². The number of hydrogen-bond donors (Lipinski definition) is 0. The highest BCUT2D eigenvalue weighted by Crippen LogP contribution is 2.15. The van der Waals surface area contributed by atoms with Gasteiger partial charge in [0.2, 0.25) is 0 Å². The maximum atomic E-state index is 11.4. The Hall–Kier alpha value is -1.31. The Kier molecular flexibility index (Phi) is 8.83. The number of carbonyl (C=O) groups excluding carboxylic acids is 1. The Balaban J connectivity index is 1.93. The van der Waals surface area contributed by atoms with Gasteiger partial charge in [0.1, 0.15) is 0 Å². The van der Waals surface area contributed by atoms with E-state index in [0.29, 0.717) is 71.6 Å². The third-order valence-corrected chi connectivity index (χ3v) is 3.41. The van der Waals surface area contributed by atoms with Gasteiger partial charge in [-0.15, -0.1) is 0 Å². The van der Waals surface area contributed by atoms with Crippen molar-refractivity contribution in [2.45, 2.75) is 13.2 Å². The highest BCUT2D eigenvalue weighted by atomic mass is 16.6. The van der Waals surface area contributed by atoms with Crippen LogP contribution in [-0.4, -0.2) is 59.1 Å². The Morgan fingerprint density at radius 3 is 1.43 bits per heavy atom. The zero-order chi connectivity index (χ0) is 16.2. The smallest absolute Gasteiger partial charge is 0.150 e. The highest BCUT2D eigenvalue weighted by Gasteiger charge is 2.08. The third kappa shape index (κ3) is 6.76. The van der Waals surface area contributed by atoms with E-state index in [-0.39, 0.29) is 0 Å². The molecule has 23 heavy (non-hydrogen) atoms. The summed E-state index contributed by atoms with van der Waals surface area (Å²) in [5.41, 5.74) is 2.37. The second kappa shape index (κ2) is 11.3. The molecular weight excluding hydrogens is 300 g/mol. The Morgan fingerprint density at radius 1 is 0.652 bits per heavy atom. The second-order valence-electron chi connectivity index (χ2n) is 5.05. The van der Waals surface area contributed by atoms with Crippen molar-refractivity contribution in [3.8, 4) is 0 Å². The van der Waals surface area contributed by atoms with E-state index in [2.05, 4.69) is 0 Å². The third-order valence-electron chi connectivity index (χ3n) is 3.41. The van der Waals surface area contributed by atoms with E-state index in [1.54, 1.807) is 0 Å². The molecule has 2 bridgehead atoms. The van der Waals surface area contributed by atoms with Crippen LogP contribution in [0.15, 0.2) is 18.2 Å². The molecule has 0 saturated heterocycles. The number of fused-ring (bicyclic) bond motifs is 2. The number of hydrogen-bond acceptors (Lipinski definition) is 6. The first-order chi connectivity index (χ1) is 11.4. The van der Waals surface area contributed by atoms with Crippen LogP contribution < -0.4 is 0 Å². The quantitative estimate of drug-likeness (QED) is 0.731. The minimum atomic E-state index is 0.380. The molecule has 0 aromatic heterocycles. The predicted octanol–water partition coefficient (Wildman–Crippen LogP) is 1.60. The zero-order valence-corrected chi connectivity index (χ0v) is 13.3. The van der Waals surface area contributed by atoms with Gasteiger partial charge in [0.05, 0.1) is 66.1 Å². The van der Waals surface area contributed by atoms with Gasteiger partial charge in [0.25, 0.3) is 0 Å². The molecule has 0 saturated carbocycles. The van der Waals surface area contributed by atoms with Crippen LogP contribution in [0.1, 0.15) is 21.5 Å². The van der Waals surface area contributed by atoms with Crippen LogP contribution >= 0.6 is 0 Å². The summed E-state index contributed by atoms with van der Waals surface area (Å²) in [7, 11) is 0. The molecule has 2 rings (SSSR count). The molecule has 1 heterocycles. The van der Waals surface area contributed by atoms with Crippen molar-refractivity contribution in [3.05, 3.63) is 34.9 Å². The maximum absolute atomic E-state index is 11.4. The molecule has 0 spiro atoms. The summed E-state index contributed by atoms with van der Waals surface area (Å²) in [5, 5.41) is 0. The van der Waals surface area contributed by atoms with E-state index in [4.69, 9.17) is 23.7 Å². The molecule has 0 amide bonds. The van der Waals surface area contributed by atoms with E-state index in [1.165, 1.54) is 0 Å². The minimum Gasteiger partial charge on any atom is -0.377 e. The normalized spacial score (nSPS) is 19.5. The standard InChI is InChI=1S/C17H24O6/c18-12-17-15-2-1-3-16(17)14-23-11-9-21-7-5-19-4-6-20-8-10-22-13-15/h1-3,12H,4-11,13-14H2. The fraction of sp³-hybridized carbons (Fsp3) is 0.588. The van der Waals surface area contributed by atoms with Crippen molar-refractivity contribution < 1.29 is 28.5 Å². The van der Waals surface area contributed by atoms with Crippen LogP contribution in [0.5, 0.6) is 0 Å². The molecule has 1 aromatic carbocycles. The van der Waals surface area contributed by atoms with Gasteiger partial charge >= 0.3 is 0 Å². The fourth-order valence-corrected chi connectivity index (χ4v) is 2.21. The molecule has 0 fully saturated rings. The van der Waals surface area contributed by atoms with Crippen molar-refractivity contribution in [2.75, 3.05) is 52.9 Å². The van der Waals surface area contributed by atoms with Gasteiger partial charge in [-0.25, -0.2) is 0 Å². The molecule has 0 unspecified atom stereocenters. The second-order valence-corrected chi connectivity index (χ2v) is 5.05. The molecule has 6 heteroatoms. The zero-order valence-electron chi connectivity index (χ0n) is 13.3. The van der Waals surface area contributed by atoms with E-state index >= 15 is 0 Å². The fourth-order valence-electron chi connectivity index (χ4n) is 2.21.